The lowest BCUT2D eigenvalue weighted by atomic mass is 9.98. The molecule has 2 aliphatic heterocycles. The number of thioether (sulfide) groups is 1. The number of halogens is 3. The second-order valence-corrected chi connectivity index (χ2v) is 9.27. The van der Waals surface area contributed by atoms with E-state index in [-0.39, 0.29) is 17.3 Å². The number of nitrogens with zero attached hydrogens (tertiary/aromatic N) is 1. The Morgan fingerprint density at radius 1 is 1.65 bits per heavy atom. The van der Waals surface area contributed by atoms with Crippen LogP contribution in [0.25, 0.3) is 0 Å². The molecule has 2 rings (SSSR count). The van der Waals surface area contributed by atoms with E-state index < -0.39 is 19.6 Å². The molecule has 0 N–H and O–H groups in total. The molecule has 2 saturated heterocycles. The van der Waals surface area contributed by atoms with Crippen molar-refractivity contribution in [3.63, 3.8) is 0 Å². The van der Waals surface area contributed by atoms with Crippen LogP contribution in [0, 0.1) is 0 Å². The molecule has 4 nitrogen and oxygen atoms in total. The molecule has 0 bridgehead atoms. The molecule has 3 atom stereocenters. The van der Waals surface area contributed by atoms with Gasteiger partial charge in [-0.2, -0.15) is 0 Å². The molecule has 2 aliphatic rings. The van der Waals surface area contributed by atoms with Gasteiger partial charge in [0.25, 0.3) is 5.91 Å². The topological polar surface area (TPSA) is 46.6 Å². The zero-order chi connectivity index (χ0) is 13.0. The highest BCUT2D eigenvalue weighted by Gasteiger charge is 2.70. The maximum absolute atomic E-state index is 11.9. The van der Waals surface area contributed by atoms with Crippen LogP contribution in [0.2, 0.25) is 0 Å². The van der Waals surface area contributed by atoms with E-state index in [4.69, 9.17) is 27.9 Å². The molecule has 0 radical (unpaired) electrons. The maximum Gasteiger partial charge on any atom is 0.331 e. The van der Waals surface area contributed by atoms with Crippen LogP contribution in [0.3, 0.4) is 0 Å². The summed E-state index contributed by atoms with van der Waals surface area (Å²) < 4.78 is 3.43. The first-order chi connectivity index (χ1) is 7.73. The normalized spacial score (nSPS) is 38.6. The van der Waals surface area contributed by atoms with Crippen LogP contribution in [0.15, 0.2) is 0 Å². The number of β-lactam (4-membered cyclic amide) rings is 1. The van der Waals surface area contributed by atoms with Crippen LogP contribution < -0.4 is 0 Å². The Morgan fingerprint density at radius 2 is 2.24 bits per heavy atom. The van der Waals surface area contributed by atoms with Crippen LogP contribution in [-0.4, -0.2) is 41.9 Å². The molecule has 2 fully saturated rings. The van der Waals surface area contributed by atoms with E-state index in [1.54, 1.807) is 0 Å². The van der Waals surface area contributed by atoms with Crippen molar-refractivity contribution in [1.29, 1.82) is 0 Å². The van der Waals surface area contributed by atoms with E-state index >= 15 is 0 Å². The number of ether oxygens (including phenoxy) is 1. The highest BCUT2D eigenvalue weighted by atomic mass is 127. The molecule has 17 heavy (non-hydrogen) atoms. The van der Waals surface area contributed by atoms with Crippen molar-refractivity contribution in [2.24, 2.45) is 0 Å². The van der Waals surface area contributed by atoms with Gasteiger partial charge in [-0.3, -0.25) is 4.79 Å². The Kier molecular flexibility index (Phi) is 3.56. The van der Waals surface area contributed by atoms with Crippen LogP contribution in [0.4, 0.5) is 0 Å². The highest BCUT2D eigenvalue weighted by Crippen LogP contribution is 2.59. The lowest BCUT2D eigenvalue weighted by Crippen LogP contribution is -2.68. The predicted molar refractivity (Wildman–Crippen MR) is 75.5 cm³/mol. The van der Waals surface area contributed by atoms with Gasteiger partial charge in [0.1, 0.15) is 11.4 Å². The summed E-state index contributed by atoms with van der Waals surface area (Å²) in [5.74, 6) is -0.712. The summed E-state index contributed by atoms with van der Waals surface area (Å²) in [6, 6.07) is -0.829. The number of amides is 1. The smallest absolute Gasteiger partial charge is 0.331 e. The average molecular weight is 410 g/mol. The van der Waals surface area contributed by atoms with Crippen molar-refractivity contribution in [3.8, 4) is 0 Å². The fraction of sp³-hybridized carbons (Fsp3) is 0.778. The molecule has 1 unspecified atom stereocenters. The number of rotatable bonds is 2. The fourth-order valence-electron chi connectivity index (χ4n) is 2.09. The van der Waals surface area contributed by atoms with Crippen LogP contribution in [-0.2, 0) is 14.3 Å². The molecule has 0 aliphatic carbocycles. The van der Waals surface area contributed by atoms with Gasteiger partial charge in [0.2, 0.25) is 2.88 Å². The van der Waals surface area contributed by atoms with Gasteiger partial charge >= 0.3 is 5.97 Å². The summed E-state index contributed by atoms with van der Waals surface area (Å²) in [6.45, 7) is 3.79. The number of hydrogen-bond donors (Lipinski definition) is 0. The van der Waals surface area contributed by atoms with Gasteiger partial charge in [-0.05, 0) is 36.4 Å². The van der Waals surface area contributed by atoms with E-state index in [9.17, 15) is 9.59 Å². The summed E-state index contributed by atoms with van der Waals surface area (Å²) >= 11 is 14.9. The largest absolute Gasteiger partial charge is 0.448 e. The molecule has 2 heterocycles. The monoisotopic (exact) mass is 409 g/mol. The quantitative estimate of drug-likeness (QED) is 0.303. The van der Waals surface area contributed by atoms with Crippen molar-refractivity contribution < 1.29 is 14.3 Å². The molecule has 0 aromatic heterocycles. The predicted octanol–water partition coefficient (Wildman–Crippen LogP) is 2.16. The minimum atomic E-state index is -0.949. The van der Waals surface area contributed by atoms with Crippen molar-refractivity contribution in [1.82, 2.24) is 4.90 Å². The molecule has 96 valence electrons. The van der Waals surface area contributed by atoms with Gasteiger partial charge in [-0.1, -0.05) is 23.2 Å². The molecule has 0 spiro atoms. The second-order valence-electron chi connectivity index (χ2n) is 4.38. The highest BCUT2D eigenvalue weighted by molar-refractivity contribution is 14.1. The van der Waals surface area contributed by atoms with E-state index in [0.717, 1.165) is 0 Å². The molecular weight excluding hydrogens is 400 g/mol. The van der Waals surface area contributed by atoms with E-state index in [2.05, 4.69) is 0 Å². The third-order valence-electron chi connectivity index (χ3n) is 2.85. The van der Waals surface area contributed by atoms with E-state index in [0.29, 0.717) is 0 Å². The van der Waals surface area contributed by atoms with E-state index in [1.165, 1.54) is 16.7 Å². The SMILES string of the molecule is CC1(C)S[C@H]2N(C(=O)C2(Cl)I)[C@H]1C(=O)OCCl. The Balaban J connectivity index is 2.28. The van der Waals surface area contributed by atoms with Crippen molar-refractivity contribution in [3.05, 3.63) is 0 Å². The molecule has 0 aromatic carbocycles. The van der Waals surface area contributed by atoms with Gasteiger partial charge in [0.05, 0.1) is 0 Å². The van der Waals surface area contributed by atoms with Gasteiger partial charge in [0, 0.05) is 4.75 Å². The fourth-order valence-corrected chi connectivity index (χ4v) is 4.99. The lowest BCUT2D eigenvalue weighted by Gasteiger charge is -2.46. The Morgan fingerprint density at radius 3 is 2.76 bits per heavy atom. The summed E-state index contributed by atoms with van der Waals surface area (Å²) in [6.07, 6.45) is 0. The maximum atomic E-state index is 11.9. The van der Waals surface area contributed by atoms with Gasteiger partial charge in [0.15, 0.2) is 6.07 Å². The van der Waals surface area contributed by atoms with Gasteiger partial charge in [-0.25, -0.2) is 4.79 Å². The van der Waals surface area contributed by atoms with Crippen molar-refractivity contribution in [2.45, 2.75) is 32.9 Å². The minimum Gasteiger partial charge on any atom is -0.448 e. The molecule has 1 amide bonds. The Hall–Kier alpha value is 0.600. The number of hydrogen-bond acceptors (Lipinski definition) is 4. The lowest BCUT2D eigenvalue weighted by molar-refractivity contribution is -0.160. The third-order valence-corrected chi connectivity index (χ3v) is 6.57. The second kappa shape index (κ2) is 4.31. The number of carbonyl (C=O) groups excluding carboxylic acids is 2. The Bertz CT molecular complexity index is 390. The van der Waals surface area contributed by atoms with Gasteiger partial charge in [-0.15, -0.1) is 11.8 Å². The number of esters is 1. The zero-order valence-electron chi connectivity index (χ0n) is 9.08. The number of fused-ring (bicyclic) bond motifs is 1. The first kappa shape index (κ1) is 14.0. The average Bonchev–Trinajstić information content (AvgIpc) is 2.48. The van der Waals surface area contributed by atoms with Crippen LogP contribution >= 0.6 is 57.6 Å². The van der Waals surface area contributed by atoms with Crippen molar-refractivity contribution in [2.75, 3.05) is 6.07 Å². The zero-order valence-corrected chi connectivity index (χ0v) is 13.6. The summed E-state index contributed by atoms with van der Waals surface area (Å²) in [5, 5.41) is -0.194. The first-order valence-electron chi connectivity index (χ1n) is 4.84. The third kappa shape index (κ3) is 1.95. The minimum absolute atomic E-state index is 0.194. The van der Waals surface area contributed by atoms with E-state index in [1.807, 2.05) is 36.4 Å². The Labute approximate surface area is 127 Å². The summed E-state index contributed by atoms with van der Waals surface area (Å²) in [5.41, 5.74) is 0. The van der Waals surface area contributed by atoms with Crippen LogP contribution in [0.5, 0.6) is 0 Å². The van der Waals surface area contributed by atoms with Gasteiger partial charge < -0.3 is 9.64 Å². The van der Waals surface area contributed by atoms with Crippen molar-refractivity contribution >= 4 is 69.4 Å². The first-order valence-corrected chi connectivity index (χ1v) is 7.71. The molecular formula is C9H10Cl2INO3S. The standard InChI is InChI=1S/C9H10Cl2INO3S/c1-8(2)4(5(14)16-3-10)13-6(15)9(11,12)7(13)17-8/h4,7H,3H2,1-2H3/t4-,7+,9?/m0/s1. The number of alkyl halides is 3. The van der Waals surface area contributed by atoms with Crippen LogP contribution in [0.1, 0.15) is 13.8 Å². The number of carbonyl (C=O) groups is 2. The molecule has 0 aromatic rings. The summed E-state index contributed by atoms with van der Waals surface area (Å²) in [4.78, 5) is 25.3. The molecule has 8 heteroatoms. The molecule has 0 saturated carbocycles. The summed E-state index contributed by atoms with van der Waals surface area (Å²) in [7, 11) is 0.